The van der Waals surface area contributed by atoms with Crippen LogP contribution in [0.15, 0.2) is 6.20 Å². The second kappa shape index (κ2) is 3.58. The van der Waals surface area contributed by atoms with Crippen molar-refractivity contribution >= 4 is 11.9 Å². The number of hydrogen-bond donors (Lipinski definition) is 1. The largest absolute Gasteiger partial charge is 0.453 e. The van der Waals surface area contributed by atoms with Gasteiger partial charge in [0.25, 0.3) is 0 Å². The number of carbonyl (C=O) groups excluding carboxylic acids is 1. The highest BCUT2D eigenvalue weighted by molar-refractivity contribution is 5.84. The predicted octanol–water partition coefficient (Wildman–Crippen LogP) is 0.470. The number of ether oxygens (including phenoxy) is 1. The Hall–Kier alpha value is -2.03. The SMILES string of the molecule is COC(=O)Nc1nn(C)cc1C#N. The number of amides is 1. The van der Waals surface area contributed by atoms with Gasteiger partial charge in [0.15, 0.2) is 5.82 Å². The minimum Gasteiger partial charge on any atom is -0.453 e. The maximum Gasteiger partial charge on any atom is 0.412 e. The number of rotatable bonds is 1. The Bertz CT molecular complexity index is 363. The summed E-state index contributed by atoms with van der Waals surface area (Å²) in [7, 11) is 2.90. The van der Waals surface area contributed by atoms with Crippen LogP contribution in [0.2, 0.25) is 0 Å². The quantitative estimate of drug-likeness (QED) is 0.681. The van der Waals surface area contributed by atoms with Crippen LogP contribution < -0.4 is 5.32 Å². The van der Waals surface area contributed by atoms with Crippen molar-refractivity contribution in [3.05, 3.63) is 11.8 Å². The third-order valence-corrected chi connectivity index (χ3v) is 1.36. The topological polar surface area (TPSA) is 79.9 Å². The second-order valence-electron chi connectivity index (χ2n) is 2.29. The van der Waals surface area contributed by atoms with Crippen molar-refractivity contribution in [2.24, 2.45) is 7.05 Å². The van der Waals surface area contributed by atoms with Gasteiger partial charge in [-0.3, -0.25) is 10.00 Å². The lowest BCUT2D eigenvalue weighted by Gasteiger charge is -1.98. The summed E-state index contributed by atoms with van der Waals surface area (Å²) in [5, 5.41) is 14.8. The molecule has 1 N–H and O–H groups in total. The summed E-state index contributed by atoms with van der Waals surface area (Å²) in [4.78, 5) is 10.8. The molecule has 0 saturated heterocycles. The molecule has 1 aromatic heterocycles. The van der Waals surface area contributed by atoms with Gasteiger partial charge < -0.3 is 4.74 Å². The summed E-state index contributed by atoms with van der Waals surface area (Å²) < 4.78 is 5.79. The van der Waals surface area contributed by atoms with E-state index in [9.17, 15) is 4.79 Å². The number of nitriles is 1. The smallest absolute Gasteiger partial charge is 0.412 e. The van der Waals surface area contributed by atoms with Crippen molar-refractivity contribution in [1.29, 1.82) is 5.26 Å². The Kier molecular flexibility index (Phi) is 2.50. The van der Waals surface area contributed by atoms with Crippen LogP contribution >= 0.6 is 0 Å². The van der Waals surface area contributed by atoms with Gasteiger partial charge in [0, 0.05) is 13.2 Å². The van der Waals surface area contributed by atoms with Crippen molar-refractivity contribution < 1.29 is 9.53 Å². The van der Waals surface area contributed by atoms with E-state index in [0.29, 0.717) is 5.56 Å². The zero-order chi connectivity index (χ0) is 9.84. The molecular weight excluding hydrogens is 172 g/mol. The van der Waals surface area contributed by atoms with Gasteiger partial charge in [-0.15, -0.1) is 0 Å². The van der Waals surface area contributed by atoms with Crippen LogP contribution in [-0.2, 0) is 11.8 Å². The minimum absolute atomic E-state index is 0.205. The fraction of sp³-hybridized carbons (Fsp3) is 0.286. The summed E-state index contributed by atoms with van der Waals surface area (Å²) in [6.07, 6.45) is 0.862. The van der Waals surface area contributed by atoms with Gasteiger partial charge >= 0.3 is 6.09 Å². The summed E-state index contributed by atoms with van der Waals surface area (Å²) in [5.74, 6) is 0.205. The van der Waals surface area contributed by atoms with E-state index in [-0.39, 0.29) is 5.82 Å². The average molecular weight is 180 g/mol. The van der Waals surface area contributed by atoms with Crippen LogP contribution in [0, 0.1) is 11.3 Å². The number of nitrogens with zero attached hydrogens (tertiary/aromatic N) is 3. The van der Waals surface area contributed by atoms with E-state index in [4.69, 9.17) is 5.26 Å². The first-order chi connectivity index (χ1) is 6.17. The Morgan fingerprint density at radius 3 is 3.08 bits per heavy atom. The fourth-order valence-electron chi connectivity index (χ4n) is 0.810. The van der Waals surface area contributed by atoms with E-state index in [0.717, 1.165) is 0 Å². The lowest BCUT2D eigenvalue weighted by atomic mass is 10.4. The standard InChI is InChI=1S/C7H8N4O2/c1-11-4-5(3-8)6(10-11)9-7(12)13-2/h4H,1-2H3,(H,9,10,12). The lowest BCUT2D eigenvalue weighted by molar-refractivity contribution is 0.187. The third-order valence-electron chi connectivity index (χ3n) is 1.36. The zero-order valence-corrected chi connectivity index (χ0v) is 7.24. The molecule has 0 radical (unpaired) electrons. The summed E-state index contributed by atoms with van der Waals surface area (Å²) in [6.45, 7) is 0. The molecule has 0 atom stereocenters. The highest BCUT2D eigenvalue weighted by Crippen LogP contribution is 2.10. The van der Waals surface area contributed by atoms with Crippen molar-refractivity contribution in [1.82, 2.24) is 9.78 Å². The van der Waals surface area contributed by atoms with Gasteiger partial charge in [0.1, 0.15) is 11.6 Å². The molecule has 13 heavy (non-hydrogen) atoms. The molecule has 6 heteroatoms. The molecule has 0 unspecified atom stereocenters. The first kappa shape index (κ1) is 9.06. The first-order valence-corrected chi connectivity index (χ1v) is 3.46. The van der Waals surface area contributed by atoms with Gasteiger partial charge in [0.05, 0.1) is 7.11 Å². The molecule has 0 aromatic carbocycles. The van der Waals surface area contributed by atoms with Gasteiger partial charge in [-0.1, -0.05) is 0 Å². The van der Waals surface area contributed by atoms with E-state index in [1.807, 2.05) is 6.07 Å². The molecule has 0 saturated carbocycles. The number of anilines is 1. The van der Waals surface area contributed by atoms with Crippen LogP contribution in [0.5, 0.6) is 0 Å². The highest BCUT2D eigenvalue weighted by atomic mass is 16.5. The van der Waals surface area contributed by atoms with Crippen molar-refractivity contribution in [3.8, 4) is 6.07 Å². The number of aromatic nitrogens is 2. The molecule has 0 aliphatic rings. The van der Waals surface area contributed by atoms with Crippen molar-refractivity contribution in [2.75, 3.05) is 12.4 Å². The maximum atomic E-state index is 10.8. The van der Waals surface area contributed by atoms with Crippen LogP contribution in [0.3, 0.4) is 0 Å². The maximum absolute atomic E-state index is 10.8. The van der Waals surface area contributed by atoms with E-state index >= 15 is 0 Å². The number of aryl methyl sites for hydroxylation is 1. The Balaban J connectivity index is 2.88. The molecule has 1 amide bonds. The van der Waals surface area contributed by atoms with E-state index < -0.39 is 6.09 Å². The van der Waals surface area contributed by atoms with Crippen molar-refractivity contribution in [3.63, 3.8) is 0 Å². The Labute approximate surface area is 74.7 Å². The third kappa shape index (κ3) is 1.96. The average Bonchev–Trinajstić information content (AvgIpc) is 2.46. The minimum atomic E-state index is -0.643. The highest BCUT2D eigenvalue weighted by Gasteiger charge is 2.09. The molecule has 6 nitrogen and oxygen atoms in total. The first-order valence-electron chi connectivity index (χ1n) is 3.46. The molecule has 0 aliphatic carbocycles. The molecule has 1 aromatic rings. The Morgan fingerprint density at radius 2 is 2.54 bits per heavy atom. The van der Waals surface area contributed by atoms with Gasteiger partial charge in [-0.05, 0) is 0 Å². The number of methoxy groups -OCH3 is 1. The van der Waals surface area contributed by atoms with E-state index in [1.54, 1.807) is 7.05 Å². The number of carbonyl (C=O) groups is 1. The summed E-state index contributed by atoms with van der Waals surface area (Å²) in [6, 6.07) is 1.89. The summed E-state index contributed by atoms with van der Waals surface area (Å²) in [5.41, 5.74) is 0.299. The van der Waals surface area contributed by atoms with Gasteiger partial charge in [-0.2, -0.15) is 10.4 Å². The molecule has 68 valence electrons. The fourth-order valence-corrected chi connectivity index (χ4v) is 0.810. The second-order valence-corrected chi connectivity index (χ2v) is 2.29. The number of nitrogens with one attached hydrogen (secondary N) is 1. The van der Waals surface area contributed by atoms with Crippen LogP contribution in [0.1, 0.15) is 5.56 Å². The Morgan fingerprint density at radius 1 is 1.85 bits per heavy atom. The van der Waals surface area contributed by atoms with Crippen LogP contribution in [0.25, 0.3) is 0 Å². The molecule has 1 rings (SSSR count). The summed E-state index contributed by atoms with van der Waals surface area (Å²) >= 11 is 0. The normalized spacial score (nSPS) is 9.00. The van der Waals surface area contributed by atoms with E-state index in [1.165, 1.54) is 18.0 Å². The monoisotopic (exact) mass is 180 g/mol. The molecular formula is C7H8N4O2. The zero-order valence-electron chi connectivity index (χ0n) is 7.24. The molecule has 1 heterocycles. The van der Waals surface area contributed by atoms with Crippen molar-refractivity contribution in [2.45, 2.75) is 0 Å². The number of hydrogen-bond acceptors (Lipinski definition) is 4. The predicted molar refractivity (Wildman–Crippen MR) is 44.0 cm³/mol. The van der Waals surface area contributed by atoms with Crippen LogP contribution in [-0.4, -0.2) is 23.0 Å². The van der Waals surface area contributed by atoms with E-state index in [2.05, 4.69) is 15.2 Å². The molecule has 0 bridgehead atoms. The lowest BCUT2D eigenvalue weighted by Crippen LogP contribution is -2.12. The molecule has 0 spiro atoms. The van der Waals surface area contributed by atoms with Crippen LogP contribution in [0.4, 0.5) is 10.6 Å². The molecule has 0 fully saturated rings. The van der Waals surface area contributed by atoms with Gasteiger partial charge in [0.2, 0.25) is 0 Å². The van der Waals surface area contributed by atoms with Gasteiger partial charge in [-0.25, -0.2) is 4.79 Å². The molecule has 0 aliphatic heterocycles.